The maximum atomic E-state index is 12.2. The van der Waals surface area contributed by atoms with Crippen molar-refractivity contribution in [1.82, 2.24) is 9.88 Å². The van der Waals surface area contributed by atoms with Crippen molar-refractivity contribution in [3.63, 3.8) is 0 Å². The van der Waals surface area contributed by atoms with Crippen molar-refractivity contribution < 1.29 is 4.79 Å². The van der Waals surface area contributed by atoms with E-state index < -0.39 is 0 Å². The fourth-order valence-electron chi connectivity index (χ4n) is 2.30. The number of likely N-dealkylation sites (tertiary alicyclic amines) is 1. The predicted octanol–water partition coefficient (Wildman–Crippen LogP) is 1.58. The zero-order valence-corrected chi connectivity index (χ0v) is 10.2. The Balaban J connectivity index is 1.99. The highest BCUT2D eigenvalue weighted by Gasteiger charge is 2.25. The van der Waals surface area contributed by atoms with Crippen LogP contribution in [0, 0.1) is 5.92 Å². The zero-order valence-electron chi connectivity index (χ0n) is 10.2. The van der Waals surface area contributed by atoms with Crippen LogP contribution in [0.5, 0.6) is 0 Å². The van der Waals surface area contributed by atoms with E-state index in [0.29, 0.717) is 11.4 Å². The summed E-state index contributed by atoms with van der Waals surface area (Å²) in [5.41, 5.74) is 6.20. The summed E-state index contributed by atoms with van der Waals surface area (Å²) in [4.78, 5) is 18.6. The van der Waals surface area contributed by atoms with Gasteiger partial charge in [-0.3, -0.25) is 4.79 Å². The Morgan fingerprint density at radius 3 is 2.71 bits per heavy atom. The van der Waals surface area contributed by atoms with Crippen molar-refractivity contribution in [3.8, 4) is 0 Å². The molecule has 0 radical (unpaired) electrons. The summed E-state index contributed by atoms with van der Waals surface area (Å²) in [6.45, 7) is 5.28. The molecule has 0 atom stereocenters. The van der Waals surface area contributed by atoms with Crippen molar-refractivity contribution in [2.45, 2.75) is 19.8 Å². The second kappa shape index (κ2) is 5.27. The third kappa shape index (κ3) is 2.82. The molecule has 4 heteroatoms. The van der Waals surface area contributed by atoms with Gasteiger partial charge in [-0.1, -0.05) is 6.92 Å². The lowest BCUT2D eigenvalue weighted by molar-refractivity contribution is 0.0844. The number of nitrogens with two attached hydrogens (primary N) is 1. The van der Waals surface area contributed by atoms with Gasteiger partial charge < -0.3 is 10.6 Å². The van der Waals surface area contributed by atoms with E-state index in [4.69, 9.17) is 5.73 Å². The lowest BCUT2D eigenvalue weighted by Crippen LogP contribution is -2.36. The Hall–Kier alpha value is -1.42. The second-order valence-corrected chi connectivity index (χ2v) is 4.54. The summed E-state index contributed by atoms with van der Waals surface area (Å²) < 4.78 is 0. The van der Waals surface area contributed by atoms with Crippen molar-refractivity contribution in [1.29, 1.82) is 0 Å². The van der Waals surface area contributed by atoms with Gasteiger partial charge in [-0.25, -0.2) is 4.98 Å². The van der Waals surface area contributed by atoms with Gasteiger partial charge in [-0.2, -0.15) is 0 Å². The molecule has 4 nitrogen and oxygen atoms in total. The molecule has 1 saturated heterocycles. The Morgan fingerprint density at radius 1 is 1.47 bits per heavy atom. The number of ketones is 1. The Morgan fingerprint density at radius 2 is 2.18 bits per heavy atom. The first kappa shape index (κ1) is 12.0. The summed E-state index contributed by atoms with van der Waals surface area (Å²) in [5, 5.41) is 0. The first-order valence-corrected chi connectivity index (χ1v) is 6.18. The second-order valence-electron chi connectivity index (χ2n) is 4.54. The van der Waals surface area contributed by atoms with Gasteiger partial charge in [0.2, 0.25) is 0 Å². The molecule has 0 unspecified atom stereocenters. The molecule has 1 aliphatic rings. The predicted molar refractivity (Wildman–Crippen MR) is 67.8 cm³/mol. The molecule has 0 aliphatic carbocycles. The minimum Gasteiger partial charge on any atom is -0.384 e. The molecule has 0 amide bonds. The number of carbonyl (C=O) groups is 1. The highest BCUT2D eigenvalue weighted by molar-refractivity contribution is 5.97. The molecule has 0 bridgehead atoms. The molecule has 2 heterocycles. The van der Waals surface area contributed by atoms with Crippen LogP contribution in [-0.2, 0) is 0 Å². The van der Waals surface area contributed by atoms with Gasteiger partial charge in [0.15, 0.2) is 5.78 Å². The maximum Gasteiger partial charge on any atom is 0.167 e. The summed E-state index contributed by atoms with van der Waals surface area (Å²) in [5.74, 6) is 0.832. The van der Waals surface area contributed by atoms with E-state index in [1.807, 2.05) is 0 Å². The molecular weight excluding hydrogens is 214 g/mol. The number of hydrogen-bond acceptors (Lipinski definition) is 4. The molecule has 0 saturated carbocycles. The lowest BCUT2D eigenvalue weighted by Gasteiger charge is -2.30. The smallest absolute Gasteiger partial charge is 0.167 e. The third-order valence-electron chi connectivity index (χ3n) is 3.48. The van der Waals surface area contributed by atoms with Crippen LogP contribution >= 0.6 is 0 Å². The van der Waals surface area contributed by atoms with Gasteiger partial charge in [-0.05, 0) is 44.6 Å². The molecule has 1 aromatic rings. The van der Waals surface area contributed by atoms with Crippen LogP contribution in [0.3, 0.4) is 0 Å². The number of piperidine rings is 1. The van der Waals surface area contributed by atoms with Gasteiger partial charge in [0.25, 0.3) is 0 Å². The highest BCUT2D eigenvalue weighted by Crippen LogP contribution is 2.21. The molecule has 1 aliphatic heterocycles. The molecule has 17 heavy (non-hydrogen) atoms. The van der Waals surface area contributed by atoms with Crippen molar-refractivity contribution in [2.75, 3.05) is 25.4 Å². The molecule has 2 N–H and O–H groups in total. The van der Waals surface area contributed by atoms with E-state index in [1.54, 1.807) is 18.3 Å². The fraction of sp³-hybridized carbons (Fsp3) is 0.538. The normalized spacial score (nSPS) is 18.2. The van der Waals surface area contributed by atoms with Gasteiger partial charge in [0, 0.05) is 17.7 Å². The SMILES string of the molecule is CCN1CCC(C(=O)c2ccc(N)nc2)CC1. The first-order chi connectivity index (χ1) is 8.20. The number of Topliss-reactive ketones (excluding diaryl/α,β-unsaturated/α-hetero) is 1. The Labute approximate surface area is 102 Å². The molecule has 1 fully saturated rings. The van der Waals surface area contributed by atoms with Crippen LogP contribution in [0.1, 0.15) is 30.1 Å². The molecular formula is C13H19N3O. The van der Waals surface area contributed by atoms with E-state index >= 15 is 0 Å². The lowest BCUT2D eigenvalue weighted by atomic mass is 9.89. The van der Waals surface area contributed by atoms with Crippen LogP contribution in [0.4, 0.5) is 5.82 Å². The number of carbonyl (C=O) groups excluding carboxylic acids is 1. The zero-order chi connectivity index (χ0) is 12.3. The number of hydrogen-bond donors (Lipinski definition) is 1. The average Bonchev–Trinajstić information content (AvgIpc) is 2.39. The van der Waals surface area contributed by atoms with E-state index in [1.165, 1.54) is 0 Å². The fourth-order valence-corrected chi connectivity index (χ4v) is 2.30. The van der Waals surface area contributed by atoms with Crippen LogP contribution < -0.4 is 5.73 Å². The minimum absolute atomic E-state index is 0.156. The van der Waals surface area contributed by atoms with Crippen LogP contribution in [0.2, 0.25) is 0 Å². The van der Waals surface area contributed by atoms with E-state index in [-0.39, 0.29) is 11.7 Å². The number of nitrogen functional groups attached to an aromatic ring is 1. The number of rotatable bonds is 3. The van der Waals surface area contributed by atoms with Crippen LogP contribution in [0.25, 0.3) is 0 Å². The van der Waals surface area contributed by atoms with Crippen molar-refractivity contribution >= 4 is 11.6 Å². The average molecular weight is 233 g/mol. The van der Waals surface area contributed by atoms with Gasteiger partial charge >= 0.3 is 0 Å². The van der Waals surface area contributed by atoms with E-state index in [9.17, 15) is 4.79 Å². The Kier molecular flexibility index (Phi) is 3.74. The van der Waals surface area contributed by atoms with Gasteiger partial charge in [0.05, 0.1) is 0 Å². The first-order valence-electron chi connectivity index (χ1n) is 6.18. The third-order valence-corrected chi connectivity index (χ3v) is 3.48. The molecule has 0 spiro atoms. The number of pyridine rings is 1. The topological polar surface area (TPSA) is 59.2 Å². The van der Waals surface area contributed by atoms with Crippen LogP contribution in [0.15, 0.2) is 18.3 Å². The summed E-state index contributed by atoms with van der Waals surface area (Å²) >= 11 is 0. The molecule has 1 aromatic heterocycles. The summed E-state index contributed by atoms with van der Waals surface area (Å²) in [6.07, 6.45) is 3.50. The minimum atomic E-state index is 0.156. The molecule has 0 aromatic carbocycles. The number of aromatic nitrogens is 1. The largest absolute Gasteiger partial charge is 0.384 e. The molecule has 2 rings (SSSR count). The summed E-state index contributed by atoms with van der Waals surface area (Å²) in [7, 11) is 0. The van der Waals surface area contributed by atoms with Gasteiger partial charge in [-0.15, -0.1) is 0 Å². The molecule has 92 valence electrons. The highest BCUT2D eigenvalue weighted by atomic mass is 16.1. The van der Waals surface area contributed by atoms with Crippen LogP contribution in [-0.4, -0.2) is 35.3 Å². The van der Waals surface area contributed by atoms with E-state index in [2.05, 4.69) is 16.8 Å². The standard InChI is InChI=1S/C13H19N3O/c1-2-16-7-5-10(6-8-16)13(17)11-3-4-12(14)15-9-11/h3-4,9-10H,2,5-8H2,1H3,(H2,14,15). The van der Waals surface area contributed by atoms with E-state index in [0.717, 1.165) is 32.5 Å². The monoisotopic (exact) mass is 233 g/mol. The number of anilines is 1. The number of nitrogens with zero attached hydrogens (tertiary/aromatic N) is 2. The Bertz CT molecular complexity index is 380. The quantitative estimate of drug-likeness (QED) is 0.805. The van der Waals surface area contributed by atoms with Crippen molar-refractivity contribution in [2.24, 2.45) is 5.92 Å². The van der Waals surface area contributed by atoms with Gasteiger partial charge in [0.1, 0.15) is 5.82 Å². The maximum absolute atomic E-state index is 12.2. The summed E-state index contributed by atoms with van der Waals surface area (Å²) in [6, 6.07) is 3.46. The van der Waals surface area contributed by atoms with Crippen molar-refractivity contribution in [3.05, 3.63) is 23.9 Å².